The minimum absolute atomic E-state index is 0.633. The molecular formula is C10H10N2O. The summed E-state index contributed by atoms with van der Waals surface area (Å²) in [7, 11) is 0. The standard InChI is InChI=1S/C10H10N2O/c1-2-13-10-9-4-5-11-7-8(9)3-6-12-10/h3-7H,2H2,1H3. The Kier molecular flexibility index (Phi) is 2.08. The van der Waals surface area contributed by atoms with E-state index in [1.807, 2.05) is 19.1 Å². The van der Waals surface area contributed by atoms with Gasteiger partial charge in [-0.2, -0.15) is 0 Å². The van der Waals surface area contributed by atoms with E-state index in [1.54, 1.807) is 18.6 Å². The van der Waals surface area contributed by atoms with Crippen LogP contribution in [0, 0.1) is 0 Å². The highest BCUT2D eigenvalue weighted by atomic mass is 16.5. The third-order valence-electron chi connectivity index (χ3n) is 1.81. The van der Waals surface area contributed by atoms with Gasteiger partial charge >= 0.3 is 0 Å². The molecule has 2 aromatic rings. The Bertz CT molecular complexity index is 409. The van der Waals surface area contributed by atoms with Crippen LogP contribution in [-0.2, 0) is 0 Å². The summed E-state index contributed by atoms with van der Waals surface area (Å²) < 4.78 is 5.38. The van der Waals surface area contributed by atoms with Crippen LogP contribution in [0.15, 0.2) is 30.7 Å². The van der Waals surface area contributed by atoms with Gasteiger partial charge in [0.05, 0.1) is 6.61 Å². The molecule has 0 radical (unpaired) electrons. The zero-order valence-corrected chi connectivity index (χ0v) is 7.40. The molecule has 0 N–H and O–H groups in total. The Labute approximate surface area is 76.4 Å². The summed E-state index contributed by atoms with van der Waals surface area (Å²) >= 11 is 0. The van der Waals surface area contributed by atoms with Crippen molar-refractivity contribution in [1.29, 1.82) is 0 Å². The molecule has 13 heavy (non-hydrogen) atoms. The molecule has 0 unspecified atom stereocenters. The number of hydrogen-bond acceptors (Lipinski definition) is 3. The van der Waals surface area contributed by atoms with Crippen LogP contribution >= 0.6 is 0 Å². The van der Waals surface area contributed by atoms with Crippen LogP contribution in [0.4, 0.5) is 0 Å². The number of ether oxygens (including phenoxy) is 1. The van der Waals surface area contributed by atoms with Crippen LogP contribution in [0.25, 0.3) is 10.8 Å². The van der Waals surface area contributed by atoms with E-state index in [2.05, 4.69) is 9.97 Å². The first kappa shape index (κ1) is 7.98. The van der Waals surface area contributed by atoms with Gasteiger partial charge in [-0.3, -0.25) is 4.98 Å². The normalized spacial score (nSPS) is 10.2. The van der Waals surface area contributed by atoms with Gasteiger partial charge < -0.3 is 4.74 Å². The number of fused-ring (bicyclic) bond motifs is 1. The molecule has 0 spiro atoms. The molecule has 0 aliphatic heterocycles. The molecule has 0 bridgehead atoms. The topological polar surface area (TPSA) is 35.0 Å². The molecule has 0 amide bonds. The van der Waals surface area contributed by atoms with Gasteiger partial charge in [-0.15, -0.1) is 0 Å². The highest BCUT2D eigenvalue weighted by Crippen LogP contribution is 2.21. The minimum Gasteiger partial charge on any atom is -0.478 e. The lowest BCUT2D eigenvalue weighted by Crippen LogP contribution is -1.94. The number of pyridine rings is 2. The first-order chi connectivity index (χ1) is 6.42. The number of hydrogen-bond donors (Lipinski definition) is 0. The third-order valence-corrected chi connectivity index (χ3v) is 1.81. The zero-order chi connectivity index (χ0) is 9.10. The number of aromatic nitrogens is 2. The molecule has 3 heteroatoms. The van der Waals surface area contributed by atoms with E-state index in [4.69, 9.17) is 4.74 Å². The summed E-state index contributed by atoms with van der Waals surface area (Å²) in [5, 5.41) is 2.07. The molecule has 2 heterocycles. The Hall–Kier alpha value is -1.64. The van der Waals surface area contributed by atoms with E-state index in [0.29, 0.717) is 12.5 Å². The van der Waals surface area contributed by atoms with Crippen LogP contribution in [0.5, 0.6) is 5.88 Å². The van der Waals surface area contributed by atoms with Crippen LogP contribution in [0.3, 0.4) is 0 Å². The predicted octanol–water partition coefficient (Wildman–Crippen LogP) is 2.03. The van der Waals surface area contributed by atoms with E-state index in [0.717, 1.165) is 10.8 Å². The van der Waals surface area contributed by atoms with Crippen molar-refractivity contribution in [3.05, 3.63) is 30.7 Å². The van der Waals surface area contributed by atoms with Crippen molar-refractivity contribution in [2.24, 2.45) is 0 Å². The zero-order valence-electron chi connectivity index (χ0n) is 7.40. The lowest BCUT2D eigenvalue weighted by molar-refractivity contribution is 0.331. The maximum atomic E-state index is 5.38. The fourth-order valence-corrected chi connectivity index (χ4v) is 1.24. The summed E-state index contributed by atoms with van der Waals surface area (Å²) in [4.78, 5) is 8.18. The summed E-state index contributed by atoms with van der Waals surface area (Å²) in [6, 6.07) is 3.83. The van der Waals surface area contributed by atoms with Gasteiger partial charge in [0, 0.05) is 29.4 Å². The number of nitrogens with zero attached hydrogens (tertiary/aromatic N) is 2. The van der Waals surface area contributed by atoms with E-state index >= 15 is 0 Å². The first-order valence-corrected chi connectivity index (χ1v) is 4.23. The van der Waals surface area contributed by atoms with Crippen LogP contribution in [0.1, 0.15) is 6.92 Å². The molecule has 2 rings (SSSR count). The van der Waals surface area contributed by atoms with Crippen molar-refractivity contribution in [3.63, 3.8) is 0 Å². The second-order valence-corrected chi connectivity index (χ2v) is 2.65. The van der Waals surface area contributed by atoms with Gasteiger partial charge in [0.1, 0.15) is 0 Å². The van der Waals surface area contributed by atoms with E-state index < -0.39 is 0 Å². The van der Waals surface area contributed by atoms with Crippen molar-refractivity contribution in [1.82, 2.24) is 9.97 Å². The lowest BCUT2D eigenvalue weighted by Gasteiger charge is -2.04. The largest absolute Gasteiger partial charge is 0.478 e. The maximum Gasteiger partial charge on any atom is 0.221 e. The van der Waals surface area contributed by atoms with Crippen LogP contribution in [-0.4, -0.2) is 16.6 Å². The molecule has 0 aliphatic rings. The van der Waals surface area contributed by atoms with E-state index in [1.165, 1.54) is 0 Å². The smallest absolute Gasteiger partial charge is 0.221 e. The number of rotatable bonds is 2. The van der Waals surface area contributed by atoms with Crippen molar-refractivity contribution in [3.8, 4) is 5.88 Å². The van der Waals surface area contributed by atoms with Gasteiger partial charge in [0.25, 0.3) is 0 Å². The molecule has 2 aromatic heterocycles. The fraction of sp³-hybridized carbons (Fsp3) is 0.200. The molecule has 66 valence electrons. The molecule has 0 aromatic carbocycles. The third kappa shape index (κ3) is 1.45. The van der Waals surface area contributed by atoms with Crippen molar-refractivity contribution in [2.45, 2.75) is 6.92 Å². The molecule has 0 atom stereocenters. The second kappa shape index (κ2) is 3.39. The highest BCUT2D eigenvalue weighted by molar-refractivity contribution is 5.85. The Morgan fingerprint density at radius 3 is 3.08 bits per heavy atom. The molecule has 0 aliphatic carbocycles. The Balaban J connectivity index is 2.61. The fourth-order valence-electron chi connectivity index (χ4n) is 1.24. The Morgan fingerprint density at radius 1 is 1.31 bits per heavy atom. The van der Waals surface area contributed by atoms with Crippen molar-refractivity contribution < 1.29 is 4.74 Å². The minimum atomic E-state index is 0.633. The maximum absolute atomic E-state index is 5.38. The van der Waals surface area contributed by atoms with Gasteiger partial charge in [-0.25, -0.2) is 4.98 Å². The second-order valence-electron chi connectivity index (χ2n) is 2.65. The summed E-state index contributed by atoms with van der Waals surface area (Å²) in [5.74, 6) is 0.683. The van der Waals surface area contributed by atoms with Gasteiger partial charge in [-0.1, -0.05) is 0 Å². The van der Waals surface area contributed by atoms with Crippen molar-refractivity contribution in [2.75, 3.05) is 6.61 Å². The lowest BCUT2D eigenvalue weighted by atomic mass is 10.2. The average molecular weight is 174 g/mol. The van der Waals surface area contributed by atoms with E-state index in [-0.39, 0.29) is 0 Å². The molecule has 0 saturated carbocycles. The Morgan fingerprint density at radius 2 is 2.23 bits per heavy atom. The van der Waals surface area contributed by atoms with Gasteiger partial charge in [0.2, 0.25) is 5.88 Å². The monoisotopic (exact) mass is 174 g/mol. The summed E-state index contributed by atoms with van der Waals surface area (Å²) in [6.07, 6.45) is 5.28. The van der Waals surface area contributed by atoms with Gasteiger partial charge in [-0.05, 0) is 19.1 Å². The van der Waals surface area contributed by atoms with Crippen molar-refractivity contribution >= 4 is 10.8 Å². The molecular weight excluding hydrogens is 164 g/mol. The summed E-state index contributed by atoms with van der Waals surface area (Å²) in [6.45, 7) is 2.58. The highest BCUT2D eigenvalue weighted by Gasteiger charge is 2.00. The average Bonchev–Trinajstić information content (AvgIpc) is 2.19. The molecule has 3 nitrogen and oxygen atoms in total. The quantitative estimate of drug-likeness (QED) is 0.698. The molecule has 0 fully saturated rings. The molecule has 0 saturated heterocycles. The predicted molar refractivity (Wildman–Crippen MR) is 50.7 cm³/mol. The van der Waals surface area contributed by atoms with Crippen LogP contribution < -0.4 is 4.74 Å². The first-order valence-electron chi connectivity index (χ1n) is 4.23. The summed E-state index contributed by atoms with van der Waals surface area (Å²) in [5.41, 5.74) is 0. The SMILES string of the molecule is CCOc1nccc2cnccc12. The van der Waals surface area contributed by atoms with Gasteiger partial charge in [0.15, 0.2) is 0 Å². The van der Waals surface area contributed by atoms with Crippen LogP contribution in [0.2, 0.25) is 0 Å². The van der Waals surface area contributed by atoms with E-state index in [9.17, 15) is 0 Å².